The van der Waals surface area contributed by atoms with Crippen molar-refractivity contribution in [3.05, 3.63) is 66.1 Å². The number of halogens is 3. The topological polar surface area (TPSA) is 122 Å². The summed E-state index contributed by atoms with van der Waals surface area (Å²) in [7, 11) is -3.61. The highest BCUT2D eigenvalue weighted by Gasteiger charge is 2.42. The molecule has 0 spiro atoms. The number of oxazole rings is 1. The molecule has 1 fully saturated rings. The van der Waals surface area contributed by atoms with Crippen LogP contribution in [0.15, 0.2) is 59.0 Å². The summed E-state index contributed by atoms with van der Waals surface area (Å²) in [6.07, 6.45) is -4.00. The number of hydrogen-bond acceptors (Lipinski definition) is 7. The van der Waals surface area contributed by atoms with E-state index < -0.39 is 45.4 Å². The van der Waals surface area contributed by atoms with Crippen molar-refractivity contribution in [2.24, 2.45) is 5.92 Å². The van der Waals surface area contributed by atoms with Crippen LogP contribution < -0.4 is 14.9 Å². The van der Waals surface area contributed by atoms with Crippen molar-refractivity contribution in [2.45, 2.75) is 25.9 Å². The molecule has 0 saturated carbocycles. The molecule has 202 valence electrons. The monoisotopic (exact) mass is 550 g/mol. The second kappa shape index (κ2) is 10.9. The van der Waals surface area contributed by atoms with Gasteiger partial charge in [-0.3, -0.25) is 14.3 Å². The minimum absolute atomic E-state index is 0.178. The Bertz CT molecular complexity index is 1400. The maximum absolute atomic E-state index is 13.5. The average molecular weight is 551 g/mol. The average Bonchev–Trinajstić information content (AvgIpc) is 3.36. The zero-order valence-corrected chi connectivity index (χ0v) is 21.1. The van der Waals surface area contributed by atoms with Crippen molar-refractivity contribution in [1.29, 1.82) is 0 Å². The van der Waals surface area contributed by atoms with Gasteiger partial charge >= 0.3 is 6.18 Å². The van der Waals surface area contributed by atoms with Crippen LogP contribution in [0.25, 0.3) is 11.5 Å². The van der Waals surface area contributed by atoms with E-state index in [9.17, 15) is 31.2 Å². The predicted octanol–water partition coefficient (Wildman–Crippen LogP) is 4.30. The maximum Gasteiger partial charge on any atom is 0.452 e. The van der Waals surface area contributed by atoms with E-state index in [4.69, 9.17) is 4.42 Å². The van der Waals surface area contributed by atoms with Crippen molar-refractivity contribution in [3.8, 4) is 11.5 Å². The van der Waals surface area contributed by atoms with Gasteiger partial charge in [0.05, 0.1) is 5.75 Å². The van der Waals surface area contributed by atoms with Crippen molar-refractivity contribution >= 4 is 33.2 Å². The molecule has 4 rings (SSSR count). The van der Waals surface area contributed by atoms with E-state index in [-0.39, 0.29) is 17.3 Å². The number of carbonyl (C=O) groups is 2. The van der Waals surface area contributed by atoms with E-state index in [0.29, 0.717) is 31.5 Å². The van der Waals surface area contributed by atoms with Crippen LogP contribution in [0.3, 0.4) is 0 Å². The number of hydrogen-bond donors (Lipinski definition) is 2. The molecule has 38 heavy (non-hydrogen) atoms. The molecule has 0 atom stereocenters. The highest BCUT2D eigenvalue weighted by molar-refractivity contribution is 7.90. The first-order valence-electron chi connectivity index (χ1n) is 11.8. The number of nitrogens with zero attached hydrogens (tertiary/aromatic N) is 2. The highest BCUT2D eigenvalue weighted by atomic mass is 32.2. The zero-order chi connectivity index (χ0) is 27.5. The van der Waals surface area contributed by atoms with Crippen molar-refractivity contribution in [2.75, 3.05) is 29.1 Å². The molecule has 1 aliphatic heterocycles. The number of piperidine rings is 1. The summed E-state index contributed by atoms with van der Waals surface area (Å²) in [4.78, 5) is 30.7. The number of alkyl halides is 3. The first-order valence-corrected chi connectivity index (χ1v) is 13.5. The number of carbonyl (C=O) groups excluding carboxylic acids is 2. The molecule has 1 aliphatic rings. The third-order valence-corrected chi connectivity index (χ3v) is 7.38. The minimum Gasteiger partial charge on any atom is -0.431 e. The van der Waals surface area contributed by atoms with E-state index in [1.807, 2.05) is 4.90 Å². The summed E-state index contributed by atoms with van der Waals surface area (Å²) in [5.41, 5.74) is 0.475. The lowest BCUT2D eigenvalue weighted by molar-refractivity contribution is -0.153. The van der Waals surface area contributed by atoms with Gasteiger partial charge in [0.1, 0.15) is 0 Å². The van der Waals surface area contributed by atoms with Gasteiger partial charge in [-0.1, -0.05) is 18.2 Å². The molecule has 2 heterocycles. The number of rotatable bonds is 7. The van der Waals surface area contributed by atoms with Crippen LogP contribution in [-0.2, 0) is 21.0 Å². The molecule has 1 aromatic heterocycles. The molecule has 3 aromatic rings. The lowest BCUT2D eigenvalue weighted by atomic mass is 9.96. The Morgan fingerprint density at radius 2 is 1.68 bits per heavy atom. The highest BCUT2D eigenvalue weighted by Crippen LogP contribution is 2.35. The molecule has 1 saturated heterocycles. The van der Waals surface area contributed by atoms with Crippen LogP contribution in [0.4, 0.5) is 24.5 Å². The fourth-order valence-electron chi connectivity index (χ4n) is 4.02. The quantitative estimate of drug-likeness (QED) is 0.450. The minimum atomic E-state index is -4.92. The van der Waals surface area contributed by atoms with Gasteiger partial charge in [-0.2, -0.15) is 13.2 Å². The van der Waals surface area contributed by atoms with Gasteiger partial charge in [0.15, 0.2) is 5.69 Å². The summed E-state index contributed by atoms with van der Waals surface area (Å²) in [5.74, 6) is -3.97. The van der Waals surface area contributed by atoms with Gasteiger partial charge in [0, 0.05) is 35.9 Å². The Labute approximate surface area is 217 Å². The second-order valence-corrected chi connectivity index (χ2v) is 10.7. The van der Waals surface area contributed by atoms with Crippen LogP contribution in [0.2, 0.25) is 0 Å². The van der Waals surface area contributed by atoms with Crippen molar-refractivity contribution in [1.82, 2.24) is 9.71 Å². The first-order chi connectivity index (χ1) is 18.0. The van der Waals surface area contributed by atoms with Crippen molar-refractivity contribution < 1.29 is 35.6 Å². The Hall–Kier alpha value is -3.87. The smallest absolute Gasteiger partial charge is 0.431 e. The Balaban J connectivity index is 1.41. The van der Waals surface area contributed by atoms with E-state index >= 15 is 0 Å². The predicted molar refractivity (Wildman–Crippen MR) is 134 cm³/mol. The third kappa shape index (κ3) is 6.33. The molecular weight excluding hydrogens is 525 g/mol. The molecular formula is C25H25F3N4O5S. The van der Waals surface area contributed by atoms with E-state index in [1.165, 1.54) is 19.1 Å². The second-order valence-electron chi connectivity index (χ2n) is 8.69. The van der Waals surface area contributed by atoms with Gasteiger partial charge in [-0.25, -0.2) is 13.4 Å². The van der Waals surface area contributed by atoms with Gasteiger partial charge in [-0.05, 0) is 56.2 Å². The molecule has 0 bridgehead atoms. The van der Waals surface area contributed by atoms with Crippen LogP contribution in [0, 0.1) is 5.92 Å². The number of sulfonamides is 1. The Morgan fingerprint density at radius 3 is 2.26 bits per heavy atom. The lowest BCUT2D eigenvalue weighted by Crippen LogP contribution is -2.42. The van der Waals surface area contributed by atoms with Crippen LogP contribution >= 0.6 is 0 Å². The number of anilines is 2. The third-order valence-electron chi connectivity index (χ3n) is 6.11. The molecule has 2 N–H and O–H groups in total. The maximum atomic E-state index is 13.5. The molecule has 9 nitrogen and oxygen atoms in total. The summed E-state index contributed by atoms with van der Waals surface area (Å²) < 4.78 is 70.9. The molecule has 13 heteroatoms. The number of benzene rings is 2. The van der Waals surface area contributed by atoms with Gasteiger partial charge in [0.25, 0.3) is 5.91 Å². The lowest BCUT2D eigenvalue weighted by Gasteiger charge is -2.33. The summed E-state index contributed by atoms with van der Waals surface area (Å²) in [5, 5.41) is 2.43. The largest absolute Gasteiger partial charge is 0.452 e. The van der Waals surface area contributed by atoms with Crippen LogP contribution in [0.1, 0.15) is 36.0 Å². The summed E-state index contributed by atoms with van der Waals surface area (Å²) in [6.45, 7) is 2.46. The summed E-state index contributed by atoms with van der Waals surface area (Å²) in [6, 6.07) is 14.4. The Kier molecular flexibility index (Phi) is 7.76. The van der Waals surface area contributed by atoms with Crippen molar-refractivity contribution in [3.63, 3.8) is 0 Å². The number of aromatic nitrogens is 1. The van der Waals surface area contributed by atoms with Crippen LogP contribution in [-0.4, -0.2) is 44.1 Å². The number of nitrogens with one attached hydrogen (secondary N) is 2. The first kappa shape index (κ1) is 27.2. The zero-order valence-electron chi connectivity index (χ0n) is 20.3. The van der Waals surface area contributed by atoms with E-state index in [1.54, 1.807) is 42.5 Å². The van der Waals surface area contributed by atoms with E-state index in [2.05, 4.69) is 15.0 Å². The standard InChI is InChI=1S/C25H25F3N4O5S/c1-2-38(35,36)31-22(33)16-12-14-32(15-13-16)19-10-8-18(9-11-19)29-23(34)20-21(25(26,27)28)37-24(30-20)17-6-4-3-5-7-17/h3-11,16H,2,12-15H2,1H3,(H,29,34)(H,31,33). The fraction of sp³-hybridized carbons (Fsp3) is 0.320. The van der Waals surface area contributed by atoms with Gasteiger partial charge < -0.3 is 14.6 Å². The molecule has 2 amide bonds. The molecule has 0 radical (unpaired) electrons. The molecule has 0 aliphatic carbocycles. The van der Waals surface area contributed by atoms with E-state index in [0.717, 1.165) is 5.69 Å². The number of amides is 2. The van der Waals surface area contributed by atoms with Gasteiger partial charge in [-0.15, -0.1) is 0 Å². The molecule has 2 aromatic carbocycles. The Morgan fingerprint density at radius 1 is 1.05 bits per heavy atom. The van der Waals surface area contributed by atoms with Crippen LogP contribution in [0.5, 0.6) is 0 Å². The normalized spacial score (nSPS) is 14.8. The fourth-order valence-corrected chi connectivity index (χ4v) is 4.64. The SMILES string of the molecule is CCS(=O)(=O)NC(=O)C1CCN(c2ccc(NC(=O)c3nc(-c4ccccc4)oc3C(F)(F)F)cc2)CC1. The van der Waals surface area contributed by atoms with Gasteiger partial charge in [0.2, 0.25) is 27.6 Å². The summed E-state index contributed by atoms with van der Waals surface area (Å²) >= 11 is 0. The molecule has 0 unspecified atom stereocenters.